The smallest absolute Gasteiger partial charge is 0.304 e. The Morgan fingerprint density at radius 2 is 2.16 bits per heavy atom. The van der Waals surface area contributed by atoms with E-state index in [0.29, 0.717) is 12.5 Å². The van der Waals surface area contributed by atoms with Crippen LogP contribution in [-0.2, 0) is 10.0 Å². The molecule has 0 saturated carbocycles. The van der Waals surface area contributed by atoms with Crippen LogP contribution in [0.15, 0.2) is 23.1 Å². The van der Waals surface area contributed by atoms with Crippen LogP contribution in [0.2, 0.25) is 0 Å². The lowest BCUT2D eigenvalue weighted by Crippen LogP contribution is -2.36. The Hall–Kier alpha value is -1.58. The average molecular weight is 292 g/mol. The molecule has 9 heteroatoms. The largest absolute Gasteiger partial charge is 0.395 e. The Bertz CT molecular complexity index is 571. The van der Waals surface area contributed by atoms with Crippen LogP contribution >= 0.6 is 0 Å². The predicted octanol–water partition coefficient (Wildman–Crippen LogP) is 0.783. The molecule has 2 N–H and O–H groups in total. The third-order valence-corrected chi connectivity index (χ3v) is 3.98. The molecule has 19 heavy (non-hydrogen) atoms. The first kappa shape index (κ1) is 15.5. The van der Waals surface area contributed by atoms with Crippen LogP contribution in [0.5, 0.6) is 0 Å². The standard InChI is InChI=1S/C10H13FN2O5S/c1-2-7(6-14)12-19(17,18)8-3-4-10(13(15)16)9(11)5-8/h3-5,7,12,14H,2,6H2,1H3. The van der Waals surface area contributed by atoms with E-state index in [0.717, 1.165) is 12.1 Å². The van der Waals surface area contributed by atoms with Crippen molar-refractivity contribution in [2.24, 2.45) is 0 Å². The number of benzene rings is 1. The number of nitro benzene ring substituents is 1. The Morgan fingerprint density at radius 1 is 1.53 bits per heavy atom. The molecule has 0 bridgehead atoms. The second-order valence-electron chi connectivity index (χ2n) is 3.78. The molecule has 0 spiro atoms. The minimum atomic E-state index is -4.02. The predicted molar refractivity (Wildman–Crippen MR) is 64.5 cm³/mol. The number of nitrogens with one attached hydrogen (secondary N) is 1. The molecule has 7 nitrogen and oxygen atoms in total. The molecule has 1 unspecified atom stereocenters. The molecular weight excluding hydrogens is 279 g/mol. The molecule has 1 aromatic rings. The van der Waals surface area contributed by atoms with Crippen molar-refractivity contribution in [3.05, 3.63) is 34.1 Å². The number of aliphatic hydroxyl groups is 1. The maximum absolute atomic E-state index is 13.3. The topological polar surface area (TPSA) is 110 Å². The lowest BCUT2D eigenvalue weighted by Gasteiger charge is -2.14. The van der Waals surface area contributed by atoms with Gasteiger partial charge in [-0.15, -0.1) is 0 Å². The lowest BCUT2D eigenvalue weighted by molar-refractivity contribution is -0.387. The van der Waals surface area contributed by atoms with Gasteiger partial charge >= 0.3 is 5.69 Å². The highest BCUT2D eigenvalue weighted by Gasteiger charge is 2.22. The van der Waals surface area contributed by atoms with Crippen LogP contribution in [0, 0.1) is 15.9 Å². The maximum Gasteiger partial charge on any atom is 0.304 e. The van der Waals surface area contributed by atoms with Gasteiger partial charge in [-0.1, -0.05) is 6.92 Å². The van der Waals surface area contributed by atoms with E-state index < -0.39 is 44.0 Å². The molecule has 0 aliphatic heterocycles. The number of hydrogen-bond acceptors (Lipinski definition) is 5. The number of halogens is 1. The van der Waals surface area contributed by atoms with E-state index in [2.05, 4.69) is 4.72 Å². The second kappa shape index (κ2) is 6.04. The number of aliphatic hydroxyl groups excluding tert-OH is 1. The summed E-state index contributed by atoms with van der Waals surface area (Å²) in [7, 11) is -4.02. The van der Waals surface area contributed by atoms with Gasteiger partial charge in [0.25, 0.3) is 0 Å². The molecular formula is C10H13FN2O5S. The van der Waals surface area contributed by atoms with Crippen LogP contribution in [0.1, 0.15) is 13.3 Å². The molecule has 0 aliphatic carbocycles. The van der Waals surface area contributed by atoms with E-state index in [-0.39, 0.29) is 0 Å². The number of rotatable bonds is 6. The van der Waals surface area contributed by atoms with E-state index in [1.165, 1.54) is 0 Å². The van der Waals surface area contributed by atoms with Crippen LogP contribution in [0.4, 0.5) is 10.1 Å². The number of hydrogen-bond donors (Lipinski definition) is 2. The normalized spacial score (nSPS) is 13.2. The maximum atomic E-state index is 13.3. The number of nitro groups is 1. The van der Waals surface area contributed by atoms with Gasteiger partial charge in [-0.3, -0.25) is 10.1 Å². The van der Waals surface area contributed by atoms with Gasteiger partial charge in [-0.25, -0.2) is 13.1 Å². The summed E-state index contributed by atoms with van der Waals surface area (Å²) in [6.07, 6.45) is 0.352. The fraction of sp³-hybridized carbons (Fsp3) is 0.400. The molecule has 0 saturated heterocycles. The zero-order chi connectivity index (χ0) is 14.6. The molecule has 0 aliphatic rings. The number of sulfonamides is 1. The summed E-state index contributed by atoms with van der Waals surface area (Å²) >= 11 is 0. The minimum absolute atomic E-state index is 0.352. The minimum Gasteiger partial charge on any atom is -0.395 e. The van der Waals surface area contributed by atoms with E-state index in [1.807, 2.05) is 0 Å². The van der Waals surface area contributed by atoms with Gasteiger partial charge in [0.05, 0.1) is 16.4 Å². The van der Waals surface area contributed by atoms with Crippen molar-refractivity contribution in [3.63, 3.8) is 0 Å². The summed E-state index contributed by atoms with van der Waals surface area (Å²) < 4.78 is 39.2. The van der Waals surface area contributed by atoms with Crippen molar-refractivity contribution < 1.29 is 22.8 Å². The second-order valence-corrected chi connectivity index (χ2v) is 5.49. The number of nitrogens with zero attached hydrogens (tertiary/aromatic N) is 1. The monoisotopic (exact) mass is 292 g/mol. The highest BCUT2D eigenvalue weighted by Crippen LogP contribution is 2.20. The van der Waals surface area contributed by atoms with Gasteiger partial charge in [0.15, 0.2) is 0 Å². The first-order valence-electron chi connectivity index (χ1n) is 5.39. The third kappa shape index (κ3) is 3.69. The van der Waals surface area contributed by atoms with Crippen LogP contribution < -0.4 is 4.72 Å². The van der Waals surface area contributed by atoms with E-state index >= 15 is 0 Å². The average Bonchev–Trinajstić information content (AvgIpc) is 2.35. The molecule has 0 heterocycles. The van der Waals surface area contributed by atoms with Crippen LogP contribution in [-0.4, -0.2) is 31.1 Å². The third-order valence-electron chi connectivity index (χ3n) is 2.46. The summed E-state index contributed by atoms with van der Waals surface area (Å²) in [5.41, 5.74) is -0.798. The van der Waals surface area contributed by atoms with E-state index in [1.54, 1.807) is 6.92 Å². The van der Waals surface area contributed by atoms with Gasteiger partial charge in [0.1, 0.15) is 0 Å². The molecule has 0 radical (unpaired) electrons. The molecule has 0 fully saturated rings. The zero-order valence-corrected chi connectivity index (χ0v) is 10.9. The van der Waals surface area contributed by atoms with Crippen molar-refractivity contribution in [1.29, 1.82) is 0 Å². The molecule has 0 amide bonds. The lowest BCUT2D eigenvalue weighted by atomic mass is 10.3. The SMILES string of the molecule is CCC(CO)NS(=O)(=O)c1ccc([N+](=O)[O-])c(F)c1. The van der Waals surface area contributed by atoms with Gasteiger partial charge < -0.3 is 5.11 Å². The quantitative estimate of drug-likeness (QED) is 0.595. The van der Waals surface area contributed by atoms with E-state index in [9.17, 15) is 22.9 Å². The summed E-state index contributed by atoms with van der Waals surface area (Å²) in [6.45, 7) is 1.27. The van der Waals surface area contributed by atoms with Crippen LogP contribution in [0.3, 0.4) is 0 Å². The molecule has 1 aromatic carbocycles. The van der Waals surface area contributed by atoms with Gasteiger partial charge in [-0.05, 0) is 12.5 Å². The zero-order valence-electron chi connectivity index (χ0n) is 10.0. The van der Waals surface area contributed by atoms with Crippen molar-refractivity contribution in [2.45, 2.75) is 24.3 Å². The fourth-order valence-corrected chi connectivity index (χ4v) is 2.66. The summed E-state index contributed by atoms with van der Waals surface area (Å²) in [5.74, 6) is -1.23. The van der Waals surface area contributed by atoms with Crippen molar-refractivity contribution >= 4 is 15.7 Å². The van der Waals surface area contributed by atoms with Gasteiger partial charge in [0.2, 0.25) is 15.8 Å². The highest BCUT2D eigenvalue weighted by atomic mass is 32.2. The van der Waals surface area contributed by atoms with Crippen molar-refractivity contribution in [2.75, 3.05) is 6.61 Å². The Morgan fingerprint density at radius 3 is 2.58 bits per heavy atom. The van der Waals surface area contributed by atoms with Crippen molar-refractivity contribution in [3.8, 4) is 0 Å². The summed E-state index contributed by atoms with van der Waals surface area (Å²) in [6, 6.07) is 1.60. The Labute approximate surface area is 109 Å². The molecule has 0 aromatic heterocycles. The first-order chi connectivity index (χ1) is 8.81. The Balaban J connectivity index is 3.09. The first-order valence-corrected chi connectivity index (χ1v) is 6.87. The van der Waals surface area contributed by atoms with Crippen molar-refractivity contribution in [1.82, 2.24) is 4.72 Å². The summed E-state index contributed by atoms with van der Waals surface area (Å²) in [4.78, 5) is 9.05. The molecule has 1 rings (SSSR count). The van der Waals surface area contributed by atoms with Gasteiger partial charge in [-0.2, -0.15) is 4.39 Å². The van der Waals surface area contributed by atoms with Crippen LogP contribution in [0.25, 0.3) is 0 Å². The fourth-order valence-electron chi connectivity index (χ4n) is 1.34. The Kier molecular flexibility index (Phi) is 4.92. The molecule has 106 valence electrons. The highest BCUT2D eigenvalue weighted by molar-refractivity contribution is 7.89. The van der Waals surface area contributed by atoms with Gasteiger partial charge in [0, 0.05) is 18.2 Å². The molecule has 1 atom stereocenters. The van der Waals surface area contributed by atoms with E-state index in [4.69, 9.17) is 5.11 Å². The summed E-state index contributed by atoms with van der Waals surface area (Å²) in [5, 5.41) is 19.3.